The summed E-state index contributed by atoms with van der Waals surface area (Å²) in [7, 11) is 0. The summed E-state index contributed by atoms with van der Waals surface area (Å²) in [6.45, 7) is 2.99. The number of nitrogens with one attached hydrogen (secondary N) is 1. The summed E-state index contributed by atoms with van der Waals surface area (Å²) >= 11 is 0. The van der Waals surface area contributed by atoms with Crippen LogP contribution in [0.25, 0.3) is 5.57 Å². The number of aliphatic hydroxyl groups is 3. The van der Waals surface area contributed by atoms with E-state index in [2.05, 4.69) is 5.32 Å². The van der Waals surface area contributed by atoms with Gasteiger partial charge in [-0.2, -0.15) is 0 Å². The molecule has 1 aromatic rings. The van der Waals surface area contributed by atoms with E-state index in [4.69, 9.17) is 9.47 Å². The molecule has 1 amide bonds. The molecule has 1 aliphatic carbocycles. The Morgan fingerprint density at radius 2 is 1.85 bits per heavy atom. The van der Waals surface area contributed by atoms with Crippen LogP contribution in [0, 0.1) is 0 Å². The van der Waals surface area contributed by atoms with Crippen LogP contribution < -0.4 is 14.8 Å². The van der Waals surface area contributed by atoms with Crippen molar-refractivity contribution in [2.75, 3.05) is 6.79 Å². The second kappa shape index (κ2) is 6.60. The number of rotatable bonds is 0. The molecule has 1 aromatic carbocycles. The van der Waals surface area contributed by atoms with Gasteiger partial charge in [0.05, 0.1) is 11.6 Å². The minimum Gasteiger partial charge on any atom is -0.504 e. The zero-order valence-electron chi connectivity index (χ0n) is 14.1. The number of hydrogen-bond donors (Lipinski definition) is 5. The van der Waals surface area contributed by atoms with Crippen molar-refractivity contribution in [3.63, 3.8) is 0 Å². The van der Waals surface area contributed by atoms with E-state index in [9.17, 15) is 30.0 Å². The maximum Gasteiger partial charge on any atom is 0.256 e. The van der Waals surface area contributed by atoms with E-state index in [-0.39, 0.29) is 35.4 Å². The summed E-state index contributed by atoms with van der Waals surface area (Å²) in [4.78, 5) is 21.7. The number of fused-ring (bicyclic) bond motifs is 4. The van der Waals surface area contributed by atoms with Crippen molar-refractivity contribution in [2.45, 2.75) is 38.2 Å². The summed E-state index contributed by atoms with van der Waals surface area (Å²) in [5.74, 6) is -0.418. The molecule has 0 bridgehead atoms. The molecule has 3 aliphatic rings. The number of amides is 1. The van der Waals surface area contributed by atoms with Crippen LogP contribution in [0.3, 0.4) is 0 Å². The smallest absolute Gasteiger partial charge is 0.256 e. The van der Waals surface area contributed by atoms with Crippen LogP contribution in [0.2, 0.25) is 0 Å². The Morgan fingerprint density at radius 3 is 2.50 bits per heavy atom. The third-order valence-corrected chi connectivity index (χ3v) is 4.19. The molecule has 26 heavy (non-hydrogen) atoms. The third-order valence-electron chi connectivity index (χ3n) is 4.19. The molecule has 9 nitrogen and oxygen atoms in total. The van der Waals surface area contributed by atoms with E-state index < -0.39 is 30.3 Å². The fourth-order valence-corrected chi connectivity index (χ4v) is 3.09. The fourth-order valence-electron chi connectivity index (χ4n) is 3.09. The van der Waals surface area contributed by atoms with E-state index in [1.54, 1.807) is 0 Å². The van der Waals surface area contributed by atoms with E-state index in [0.717, 1.165) is 0 Å². The van der Waals surface area contributed by atoms with E-state index in [1.807, 2.05) is 0 Å². The van der Waals surface area contributed by atoms with Crippen molar-refractivity contribution in [3.05, 3.63) is 23.3 Å². The predicted molar refractivity (Wildman–Crippen MR) is 87.8 cm³/mol. The summed E-state index contributed by atoms with van der Waals surface area (Å²) in [6.07, 6.45) is -2.70. The van der Waals surface area contributed by atoms with E-state index >= 15 is 0 Å². The van der Waals surface area contributed by atoms with E-state index in [0.29, 0.717) is 11.1 Å². The average molecular weight is 365 g/mol. The molecule has 2 heterocycles. The number of carbonyl (C=O) groups excluding carboxylic acids is 2. The molecule has 9 heteroatoms. The number of aromatic hydroxyl groups is 1. The number of hydrogen-bond acceptors (Lipinski definition) is 8. The van der Waals surface area contributed by atoms with E-state index in [1.165, 1.54) is 26.0 Å². The van der Waals surface area contributed by atoms with Crippen LogP contribution in [-0.2, 0) is 4.79 Å². The van der Waals surface area contributed by atoms with Crippen LogP contribution in [0.5, 0.6) is 17.2 Å². The Kier molecular flexibility index (Phi) is 4.61. The number of ketones is 1. The van der Waals surface area contributed by atoms with Gasteiger partial charge in [-0.1, -0.05) is 0 Å². The first-order valence-electron chi connectivity index (χ1n) is 7.92. The SMILES string of the molecule is CC(C)=O.O=C1N[C@@H]2C(=C[C@H](O)[C@@H](O)[C@H]2O)c2cc3c(c(O)c21)OCO3. The maximum atomic E-state index is 12.2. The molecule has 140 valence electrons. The molecule has 4 atom stereocenters. The van der Waals surface area contributed by atoms with Gasteiger partial charge >= 0.3 is 0 Å². The first-order valence-corrected chi connectivity index (χ1v) is 7.92. The second-order valence-corrected chi connectivity index (χ2v) is 6.33. The Hall–Kier alpha value is -2.62. The van der Waals surface area contributed by atoms with Gasteiger partial charge in [0.1, 0.15) is 24.1 Å². The van der Waals surface area contributed by atoms with Gasteiger partial charge < -0.3 is 40.0 Å². The summed E-state index contributed by atoms with van der Waals surface area (Å²) in [5.41, 5.74) is 0.733. The quantitative estimate of drug-likeness (QED) is 0.406. The standard InChI is InChI=1S/C14H13NO7.C3H6O/c16-6-1-5-4-2-7-13(22-3-21-7)11(18)8(4)14(20)15-9(5)12(19)10(6)17;1-3(2)4/h1-2,6,9-10,12,16-19H,3H2,(H,15,20);1-2H3/t6-,9+,10+,12-;/m0./s1. The number of phenols is 1. The third kappa shape index (κ3) is 2.90. The van der Waals surface area contributed by atoms with Crippen LogP contribution in [0.15, 0.2) is 12.1 Å². The lowest BCUT2D eigenvalue weighted by Gasteiger charge is -2.39. The second-order valence-electron chi connectivity index (χ2n) is 6.33. The number of aliphatic hydroxyl groups excluding tert-OH is 3. The first kappa shape index (κ1) is 18.2. The zero-order valence-corrected chi connectivity index (χ0v) is 14.1. The molecule has 0 saturated carbocycles. The highest BCUT2D eigenvalue weighted by Gasteiger charge is 2.44. The molecule has 2 aliphatic heterocycles. The Labute approximate surface area is 148 Å². The highest BCUT2D eigenvalue weighted by molar-refractivity contribution is 6.07. The molecule has 0 aromatic heterocycles. The average Bonchev–Trinajstić information content (AvgIpc) is 3.02. The summed E-state index contributed by atoms with van der Waals surface area (Å²) in [6, 6.07) is 0.643. The highest BCUT2D eigenvalue weighted by Crippen LogP contribution is 2.48. The van der Waals surface area contributed by atoms with Gasteiger partial charge in [-0.15, -0.1) is 0 Å². The van der Waals surface area contributed by atoms with Gasteiger partial charge in [0.2, 0.25) is 12.5 Å². The highest BCUT2D eigenvalue weighted by atomic mass is 16.7. The lowest BCUT2D eigenvalue weighted by molar-refractivity contribution is -0.115. The van der Waals surface area contributed by atoms with Gasteiger partial charge in [-0.05, 0) is 31.6 Å². The molecule has 4 rings (SSSR count). The van der Waals surface area contributed by atoms with Gasteiger partial charge in [0.25, 0.3) is 5.91 Å². The fraction of sp³-hybridized carbons (Fsp3) is 0.412. The molecule has 0 radical (unpaired) electrons. The molecule has 0 spiro atoms. The first-order chi connectivity index (χ1) is 12.2. The van der Waals surface area contributed by atoms with Gasteiger partial charge in [0, 0.05) is 5.56 Å². The van der Waals surface area contributed by atoms with Gasteiger partial charge in [0.15, 0.2) is 11.5 Å². The molecule has 0 unspecified atom stereocenters. The van der Waals surface area contributed by atoms with Crippen LogP contribution in [0.1, 0.15) is 29.8 Å². The van der Waals surface area contributed by atoms with Crippen molar-refractivity contribution in [3.8, 4) is 17.2 Å². The monoisotopic (exact) mass is 365 g/mol. The maximum absolute atomic E-state index is 12.2. The lowest BCUT2D eigenvalue weighted by atomic mass is 9.79. The number of carbonyl (C=O) groups is 2. The van der Waals surface area contributed by atoms with Gasteiger partial charge in [-0.3, -0.25) is 4.79 Å². The number of Topliss-reactive ketones (excluding diaryl/α,β-unsaturated/α-hetero) is 1. The minimum atomic E-state index is -1.40. The Bertz CT molecular complexity index is 798. The topological polar surface area (TPSA) is 146 Å². The normalized spacial score (nSPS) is 28.0. The Morgan fingerprint density at radius 1 is 1.19 bits per heavy atom. The largest absolute Gasteiger partial charge is 0.504 e. The molecule has 5 N–H and O–H groups in total. The molecule has 0 fully saturated rings. The van der Waals surface area contributed by atoms with Crippen molar-refractivity contribution in [1.29, 1.82) is 0 Å². The van der Waals surface area contributed by atoms with Gasteiger partial charge in [-0.25, -0.2) is 0 Å². The predicted octanol–water partition coefficient (Wildman–Crippen LogP) is -0.692. The van der Waals surface area contributed by atoms with Crippen molar-refractivity contribution in [2.24, 2.45) is 0 Å². The minimum absolute atomic E-state index is 0.0115. The van der Waals surface area contributed by atoms with Crippen LogP contribution in [0.4, 0.5) is 0 Å². The van der Waals surface area contributed by atoms with Crippen molar-refractivity contribution < 1.29 is 39.5 Å². The summed E-state index contributed by atoms with van der Waals surface area (Å²) in [5, 5.41) is 42.4. The van der Waals surface area contributed by atoms with Crippen LogP contribution >= 0.6 is 0 Å². The molecule has 0 saturated heterocycles. The number of ether oxygens (including phenoxy) is 2. The zero-order chi connectivity index (χ0) is 19.2. The molecular formula is C17H19NO8. The molecular weight excluding hydrogens is 346 g/mol. The number of benzene rings is 1. The lowest BCUT2D eigenvalue weighted by Crippen LogP contribution is -2.57. The number of phenolic OH excluding ortho intramolecular Hbond substituents is 1. The summed E-state index contributed by atoms with van der Waals surface area (Å²) < 4.78 is 10.3. The van der Waals surface area contributed by atoms with Crippen LogP contribution in [-0.4, -0.2) is 63.3 Å². The Balaban J connectivity index is 0.000000447. The van der Waals surface area contributed by atoms with Crippen molar-refractivity contribution in [1.82, 2.24) is 5.32 Å². The van der Waals surface area contributed by atoms with Crippen molar-refractivity contribution >= 4 is 17.3 Å².